The topological polar surface area (TPSA) is 137 Å². The Morgan fingerprint density at radius 2 is 2.14 bits per heavy atom. The highest BCUT2D eigenvalue weighted by atomic mass is 32.1. The lowest BCUT2D eigenvalue weighted by Gasteiger charge is -2.02. The summed E-state index contributed by atoms with van der Waals surface area (Å²) in [5, 5.41) is 17.5. The molecule has 0 spiro atoms. The van der Waals surface area contributed by atoms with Crippen molar-refractivity contribution < 1.29 is 18.6 Å². The zero-order valence-electron chi connectivity index (χ0n) is 13.8. The molecular formula is C16H9FN6O4S. The molecule has 2 aromatic heterocycles. The maximum absolute atomic E-state index is 13.3. The largest absolute Gasteiger partial charge is 0.345 e. The number of hydrogen-bond donors (Lipinski definition) is 1. The predicted octanol–water partition coefficient (Wildman–Crippen LogP) is 2.72. The molecule has 0 radical (unpaired) electrons. The Balaban J connectivity index is 1.51. The van der Waals surface area contributed by atoms with Crippen LogP contribution in [0.4, 0.5) is 10.1 Å². The summed E-state index contributed by atoms with van der Waals surface area (Å²) in [6.07, 6.45) is 0. The van der Waals surface area contributed by atoms with Gasteiger partial charge in [-0.05, 0) is 24.3 Å². The normalized spacial score (nSPS) is 10.9. The van der Waals surface area contributed by atoms with Gasteiger partial charge in [0.25, 0.3) is 17.5 Å². The zero-order valence-corrected chi connectivity index (χ0v) is 14.6. The summed E-state index contributed by atoms with van der Waals surface area (Å²) in [4.78, 5) is 27.0. The molecule has 0 saturated carbocycles. The number of amides is 1. The number of nitrogens with one attached hydrogen (secondary N) is 1. The third-order valence-corrected chi connectivity index (χ3v) is 4.29. The molecule has 12 heteroatoms. The summed E-state index contributed by atoms with van der Waals surface area (Å²) in [7, 11) is 0. The highest BCUT2D eigenvalue weighted by Gasteiger charge is 2.20. The summed E-state index contributed by atoms with van der Waals surface area (Å²) < 4.78 is 26.1. The standard InChI is InChI=1S/C16H9FN6O4S/c17-10-3-1-2-8(4-10)16-19-13(20-27-16)7-18-15(24)9-5-11-14(22-28-21-11)12(6-9)23(25)26/h1-6H,7H2,(H,18,24). The van der Waals surface area contributed by atoms with Gasteiger partial charge in [0.15, 0.2) is 11.3 Å². The lowest BCUT2D eigenvalue weighted by atomic mass is 10.1. The molecule has 0 aliphatic carbocycles. The molecule has 2 heterocycles. The van der Waals surface area contributed by atoms with Crippen LogP contribution in [0.15, 0.2) is 40.9 Å². The summed E-state index contributed by atoms with van der Waals surface area (Å²) >= 11 is 0.821. The molecule has 0 atom stereocenters. The van der Waals surface area contributed by atoms with Crippen LogP contribution in [0.5, 0.6) is 0 Å². The first-order valence-corrected chi connectivity index (χ1v) is 8.52. The van der Waals surface area contributed by atoms with E-state index in [1.807, 2.05) is 0 Å². The number of aromatic nitrogens is 4. The van der Waals surface area contributed by atoms with Gasteiger partial charge in [-0.2, -0.15) is 13.7 Å². The van der Waals surface area contributed by atoms with Gasteiger partial charge < -0.3 is 9.84 Å². The van der Waals surface area contributed by atoms with Gasteiger partial charge in [0.05, 0.1) is 23.2 Å². The fourth-order valence-electron chi connectivity index (χ4n) is 2.47. The summed E-state index contributed by atoms with van der Waals surface area (Å²) in [6.45, 7) is -0.0845. The molecule has 4 rings (SSSR count). The number of rotatable bonds is 5. The van der Waals surface area contributed by atoms with E-state index in [1.165, 1.54) is 24.3 Å². The lowest BCUT2D eigenvalue weighted by molar-refractivity contribution is -0.383. The van der Waals surface area contributed by atoms with Gasteiger partial charge in [0.1, 0.15) is 11.3 Å². The second-order valence-electron chi connectivity index (χ2n) is 5.59. The highest BCUT2D eigenvalue weighted by Crippen LogP contribution is 2.26. The monoisotopic (exact) mass is 400 g/mol. The van der Waals surface area contributed by atoms with Gasteiger partial charge in [-0.1, -0.05) is 11.2 Å². The number of fused-ring (bicyclic) bond motifs is 1. The highest BCUT2D eigenvalue weighted by molar-refractivity contribution is 7.00. The molecule has 2 aromatic carbocycles. The molecule has 10 nitrogen and oxygen atoms in total. The first-order valence-electron chi connectivity index (χ1n) is 7.78. The number of hydrogen-bond acceptors (Lipinski definition) is 9. The molecule has 0 bridgehead atoms. The van der Waals surface area contributed by atoms with Crippen LogP contribution in [0.3, 0.4) is 0 Å². The number of nitro benzene ring substituents is 1. The van der Waals surface area contributed by atoms with Crippen LogP contribution in [0.2, 0.25) is 0 Å². The number of non-ortho nitro benzene ring substituents is 1. The van der Waals surface area contributed by atoms with Crippen LogP contribution in [-0.4, -0.2) is 29.7 Å². The molecule has 0 saturated heterocycles. The van der Waals surface area contributed by atoms with Gasteiger partial charge in [-0.3, -0.25) is 14.9 Å². The summed E-state index contributed by atoms with van der Waals surface area (Å²) in [5.41, 5.74) is 0.550. The summed E-state index contributed by atoms with van der Waals surface area (Å²) in [5.74, 6) is -0.748. The summed E-state index contributed by atoms with van der Waals surface area (Å²) in [6, 6.07) is 8.19. The van der Waals surface area contributed by atoms with E-state index in [0.29, 0.717) is 5.56 Å². The van der Waals surface area contributed by atoms with E-state index >= 15 is 0 Å². The number of carbonyl (C=O) groups is 1. The van der Waals surface area contributed by atoms with Gasteiger partial charge in [0, 0.05) is 17.2 Å². The van der Waals surface area contributed by atoms with Gasteiger partial charge in [0.2, 0.25) is 0 Å². The Morgan fingerprint density at radius 3 is 2.93 bits per heavy atom. The van der Waals surface area contributed by atoms with E-state index in [9.17, 15) is 19.3 Å². The van der Waals surface area contributed by atoms with Crippen molar-refractivity contribution in [2.75, 3.05) is 0 Å². The van der Waals surface area contributed by atoms with Crippen LogP contribution in [0, 0.1) is 15.9 Å². The zero-order chi connectivity index (χ0) is 19.7. The first kappa shape index (κ1) is 17.6. The minimum Gasteiger partial charge on any atom is -0.345 e. The molecule has 0 fully saturated rings. The maximum atomic E-state index is 13.3. The third-order valence-electron chi connectivity index (χ3n) is 3.75. The molecule has 28 heavy (non-hydrogen) atoms. The van der Waals surface area contributed by atoms with Crippen LogP contribution in [0.25, 0.3) is 22.5 Å². The predicted molar refractivity (Wildman–Crippen MR) is 94.9 cm³/mol. The molecule has 140 valence electrons. The van der Waals surface area contributed by atoms with Crippen molar-refractivity contribution in [2.24, 2.45) is 0 Å². The fraction of sp³-hybridized carbons (Fsp3) is 0.0625. The average Bonchev–Trinajstić information content (AvgIpc) is 3.34. The van der Waals surface area contributed by atoms with E-state index in [0.717, 1.165) is 17.8 Å². The molecule has 4 aromatic rings. The van der Waals surface area contributed by atoms with Crippen molar-refractivity contribution in [2.45, 2.75) is 6.54 Å². The van der Waals surface area contributed by atoms with E-state index in [-0.39, 0.29) is 40.5 Å². The van der Waals surface area contributed by atoms with Crippen molar-refractivity contribution in [3.8, 4) is 11.5 Å². The molecule has 0 aliphatic heterocycles. The number of nitrogens with zero attached hydrogens (tertiary/aromatic N) is 5. The van der Waals surface area contributed by atoms with Crippen molar-refractivity contribution in [1.29, 1.82) is 0 Å². The van der Waals surface area contributed by atoms with Gasteiger partial charge in [-0.15, -0.1) is 0 Å². The van der Waals surface area contributed by atoms with Crippen LogP contribution in [-0.2, 0) is 6.54 Å². The second kappa shape index (κ2) is 7.08. The average molecular weight is 400 g/mol. The number of halogens is 1. The second-order valence-corrected chi connectivity index (χ2v) is 6.12. The molecular weight excluding hydrogens is 391 g/mol. The van der Waals surface area contributed by atoms with Gasteiger partial charge in [-0.25, -0.2) is 4.39 Å². The molecule has 0 unspecified atom stereocenters. The SMILES string of the molecule is O=C(NCc1noc(-c2cccc(F)c2)n1)c1cc([N+](=O)[O-])c2nsnc2c1. The quantitative estimate of drug-likeness (QED) is 0.399. The van der Waals surface area contributed by atoms with Gasteiger partial charge >= 0.3 is 0 Å². The number of benzene rings is 2. The fourth-order valence-corrected chi connectivity index (χ4v) is 3.01. The number of carbonyl (C=O) groups excluding carboxylic acids is 1. The maximum Gasteiger partial charge on any atom is 0.299 e. The minimum atomic E-state index is -0.620. The van der Waals surface area contributed by atoms with Crippen LogP contribution >= 0.6 is 11.7 Å². The van der Waals surface area contributed by atoms with E-state index in [2.05, 4.69) is 24.2 Å². The van der Waals surface area contributed by atoms with Crippen molar-refractivity contribution in [1.82, 2.24) is 24.2 Å². The third kappa shape index (κ3) is 3.40. The Kier molecular flexibility index (Phi) is 4.45. The molecule has 0 aliphatic rings. The van der Waals surface area contributed by atoms with Crippen molar-refractivity contribution >= 4 is 34.4 Å². The smallest absolute Gasteiger partial charge is 0.299 e. The van der Waals surface area contributed by atoms with Crippen LogP contribution in [0.1, 0.15) is 16.2 Å². The Labute approximate surface area is 159 Å². The molecule has 1 N–H and O–H groups in total. The minimum absolute atomic E-state index is 0.0562. The van der Waals surface area contributed by atoms with E-state index < -0.39 is 16.6 Å². The Morgan fingerprint density at radius 1 is 1.29 bits per heavy atom. The lowest BCUT2D eigenvalue weighted by Crippen LogP contribution is -2.23. The van der Waals surface area contributed by atoms with Crippen molar-refractivity contribution in [3.63, 3.8) is 0 Å². The van der Waals surface area contributed by atoms with Crippen molar-refractivity contribution in [3.05, 3.63) is 63.7 Å². The van der Waals surface area contributed by atoms with Crippen LogP contribution < -0.4 is 5.32 Å². The Hall–Kier alpha value is -3.80. The number of nitro groups is 1. The first-order chi connectivity index (χ1) is 13.5. The molecule has 1 amide bonds. The van der Waals surface area contributed by atoms with E-state index in [1.54, 1.807) is 6.07 Å². The Bertz CT molecular complexity index is 1210. The van der Waals surface area contributed by atoms with E-state index in [4.69, 9.17) is 4.52 Å².